The van der Waals surface area contributed by atoms with Crippen LogP contribution >= 0.6 is 0 Å². The molecule has 28 heavy (non-hydrogen) atoms. The van der Waals surface area contributed by atoms with Gasteiger partial charge >= 0.3 is 6.09 Å². The third-order valence-electron chi connectivity index (χ3n) is 5.08. The van der Waals surface area contributed by atoms with E-state index in [-0.39, 0.29) is 6.09 Å². The standard InChI is InChI=1S/C21H29N3O4/c1-4-5-6-13-28-21(25)24-11-9-23(10-12-24)18-7-8-22-17-15-20(27-3)19(26-2)14-16(17)18/h7-8,14-15H,4-6,9-13H2,1-3H3. The highest BCUT2D eigenvalue weighted by molar-refractivity contribution is 5.94. The SMILES string of the molecule is CCCCCOC(=O)N1CCN(c2ccnc3cc(OC)c(OC)cc23)CC1. The van der Waals surface area contributed by atoms with Crippen molar-refractivity contribution in [3.63, 3.8) is 0 Å². The van der Waals surface area contributed by atoms with E-state index in [0.29, 0.717) is 31.2 Å². The summed E-state index contributed by atoms with van der Waals surface area (Å²) in [4.78, 5) is 20.7. The zero-order chi connectivity index (χ0) is 19.9. The van der Waals surface area contributed by atoms with Gasteiger partial charge in [-0.3, -0.25) is 4.98 Å². The average molecular weight is 387 g/mol. The number of hydrogen-bond donors (Lipinski definition) is 0. The van der Waals surface area contributed by atoms with Gasteiger partial charge in [-0.1, -0.05) is 19.8 Å². The second-order valence-corrected chi connectivity index (χ2v) is 6.85. The predicted octanol–water partition coefficient (Wildman–Crippen LogP) is 3.70. The molecule has 0 unspecified atom stereocenters. The number of ether oxygens (including phenoxy) is 3. The molecule has 0 N–H and O–H groups in total. The van der Waals surface area contributed by atoms with Gasteiger partial charge in [0.25, 0.3) is 0 Å². The number of aromatic nitrogens is 1. The van der Waals surface area contributed by atoms with Gasteiger partial charge in [0, 0.05) is 49.5 Å². The number of anilines is 1. The molecule has 7 nitrogen and oxygen atoms in total. The second kappa shape index (κ2) is 9.48. The molecule has 1 aliphatic rings. The van der Waals surface area contributed by atoms with Gasteiger partial charge in [0.15, 0.2) is 11.5 Å². The van der Waals surface area contributed by atoms with Crippen molar-refractivity contribution in [1.82, 2.24) is 9.88 Å². The fraction of sp³-hybridized carbons (Fsp3) is 0.524. The number of unbranched alkanes of at least 4 members (excludes halogenated alkanes) is 2. The Morgan fingerprint density at radius 2 is 1.79 bits per heavy atom. The van der Waals surface area contributed by atoms with Crippen LogP contribution in [0.4, 0.5) is 10.5 Å². The molecule has 0 aliphatic carbocycles. The van der Waals surface area contributed by atoms with E-state index in [9.17, 15) is 4.79 Å². The molecule has 7 heteroatoms. The molecule has 0 saturated carbocycles. The third-order valence-corrected chi connectivity index (χ3v) is 5.08. The summed E-state index contributed by atoms with van der Waals surface area (Å²) in [5, 5.41) is 1.01. The van der Waals surface area contributed by atoms with Crippen molar-refractivity contribution < 1.29 is 19.0 Å². The normalized spacial score (nSPS) is 14.2. The van der Waals surface area contributed by atoms with Crippen molar-refractivity contribution in [2.75, 3.05) is 51.9 Å². The second-order valence-electron chi connectivity index (χ2n) is 6.85. The van der Waals surface area contributed by atoms with E-state index >= 15 is 0 Å². The van der Waals surface area contributed by atoms with Crippen LogP contribution in [0.25, 0.3) is 10.9 Å². The number of methoxy groups -OCH3 is 2. The number of amides is 1. The fourth-order valence-electron chi connectivity index (χ4n) is 3.47. The van der Waals surface area contributed by atoms with Crippen molar-refractivity contribution >= 4 is 22.7 Å². The number of hydrogen-bond acceptors (Lipinski definition) is 6. The number of benzene rings is 1. The Hall–Kier alpha value is -2.70. The van der Waals surface area contributed by atoms with E-state index in [1.165, 1.54) is 0 Å². The van der Waals surface area contributed by atoms with Crippen molar-refractivity contribution in [1.29, 1.82) is 0 Å². The van der Waals surface area contributed by atoms with Gasteiger partial charge < -0.3 is 24.0 Å². The highest BCUT2D eigenvalue weighted by atomic mass is 16.6. The van der Waals surface area contributed by atoms with Crippen LogP contribution in [0.2, 0.25) is 0 Å². The Morgan fingerprint density at radius 1 is 1.07 bits per heavy atom. The molecule has 152 valence electrons. The lowest BCUT2D eigenvalue weighted by molar-refractivity contribution is 0.0986. The number of carbonyl (C=O) groups is 1. The number of nitrogens with zero attached hydrogens (tertiary/aromatic N) is 3. The molecule has 1 fully saturated rings. The first-order chi connectivity index (χ1) is 13.7. The van der Waals surface area contributed by atoms with Crippen molar-refractivity contribution in [3.05, 3.63) is 24.4 Å². The first-order valence-corrected chi connectivity index (χ1v) is 9.85. The monoisotopic (exact) mass is 387 g/mol. The number of carbonyl (C=O) groups excluding carboxylic acids is 1. The number of fused-ring (bicyclic) bond motifs is 1. The summed E-state index contributed by atoms with van der Waals surface area (Å²) in [7, 11) is 3.25. The Kier molecular flexibility index (Phi) is 6.79. The lowest BCUT2D eigenvalue weighted by Crippen LogP contribution is -2.49. The molecule has 2 aromatic rings. The largest absolute Gasteiger partial charge is 0.493 e. The van der Waals surface area contributed by atoms with E-state index in [0.717, 1.165) is 48.9 Å². The number of pyridine rings is 1. The molecular formula is C21H29N3O4. The van der Waals surface area contributed by atoms with Gasteiger partial charge in [0.2, 0.25) is 0 Å². The third kappa shape index (κ3) is 4.40. The van der Waals surface area contributed by atoms with Gasteiger partial charge in [0.1, 0.15) is 0 Å². The fourth-order valence-corrected chi connectivity index (χ4v) is 3.47. The minimum absolute atomic E-state index is 0.207. The zero-order valence-electron chi connectivity index (χ0n) is 16.9. The molecule has 0 radical (unpaired) electrons. The first kappa shape index (κ1) is 20.0. The highest BCUT2D eigenvalue weighted by Crippen LogP contribution is 2.35. The van der Waals surface area contributed by atoms with Crippen molar-refractivity contribution in [2.45, 2.75) is 26.2 Å². The van der Waals surface area contributed by atoms with Gasteiger partial charge in [-0.25, -0.2) is 4.79 Å². The number of rotatable bonds is 7. The van der Waals surface area contributed by atoms with Crippen molar-refractivity contribution in [2.24, 2.45) is 0 Å². The molecule has 2 heterocycles. The van der Waals surface area contributed by atoms with Gasteiger partial charge in [0.05, 0.1) is 26.3 Å². The minimum atomic E-state index is -0.207. The van der Waals surface area contributed by atoms with Crippen LogP contribution in [0.1, 0.15) is 26.2 Å². The Balaban J connectivity index is 1.69. The molecular weight excluding hydrogens is 358 g/mol. The summed E-state index contributed by atoms with van der Waals surface area (Å²) < 4.78 is 16.2. The maximum atomic E-state index is 12.2. The molecule has 1 saturated heterocycles. The lowest BCUT2D eigenvalue weighted by atomic mass is 10.1. The van der Waals surface area contributed by atoms with Crippen molar-refractivity contribution in [3.8, 4) is 11.5 Å². The molecule has 1 amide bonds. The Morgan fingerprint density at radius 3 is 2.46 bits per heavy atom. The Labute approximate surface area is 166 Å². The molecule has 0 atom stereocenters. The minimum Gasteiger partial charge on any atom is -0.493 e. The quantitative estimate of drug-likeness (QED) is 0.675. The molecule has 3 rings (SSSR count). The van der Waals surface area contributed by atoms with Crippen LogP contribution in [-0.4, -0.2) is 63.0 Å². The smallest absolute Gasteiger partial charge is 0.409 e. The zero-order valence-corrected chi connectivity index (χ0v) is 16.9. The van der Waals surface area contributed by atoms with Crippen LogP contribution < -0.4 is 14.4 Å². The van der Waals surface area contributed by atoms with Crippen LogP contribution in [-0.2, 0) is 4.74 Å². The van der Waals surface area contributed by atoms with Crippen LogP contribution in [0.3, 0.4) is 0 Å². The lowest BCUT2D eigenvalue weighted by Gasteiger charge is -2.36. The van der Waals surface area contributed by atoms with Gasteiger partial charge in [-0.2, -0.15) is 0 Å². The Bertz CT molecular complexity index is 804. The van der Waals surface area contributed by atoms with E-state index in [1.54, 1.807) is 25.3 Å². The van der Waals surface area contributed by atoms with E-state index in [1.807, 2.05) is 18.2 Å². The molecule has 0 spiro atoms. The van der Waals surface area contributed by atoms with E-state index in [2.05, 4.69) is 16.8 Å². The summed E-state index contributed by atoms with van der Waals surface area (Å²) in [6.45, 7) is 5.42. The summed E-state index contributed by atoms with van der Waals surface area (Å²) in [6, 6.07) is 5.86. The summed E-state index contributed by atoms with van der Waals surface area (Å²) in [5.41, 5.74) is 1.94. The average Bonchev–Trinajstić information content (AvgIpc) is 2.75. The van der Waals surface area contributed by atoms with E-state index < -0.39 is 0 Å². The number of piperazine rings is 1. The maximum Gasteiger partial charge on any atom is 0.409 e. The summed E-state index contributed by atoms with van der Waals surface area (Å²) in [5.74, 6) is 1.34. The summed E-state index contributed by atoms with van der Waals surface area (Å²) >= 11 is 0. The molecule has 1 aromatic heterocycles. The summed E-state index contributed by atoms with van der Waals surface area (Å²) in [6.07, 6.45) is 4.73. The molecule has 0 bridgehead atoms. The topological polar surface area (TPSA) is 64.1 Å². The van der Waals surface area contributed by atoms with Crippen LogP contribution in [0.15, 0.2) is 24.4 Å². The molecule has 1 aromatic carbocycles. The van der Waals surface area contributed by atoms with Crippen LogP contribution in [0, 0.1) is 0 Å². The highest BCUT2D eigenvalue weighted by Gasteiger charge is 2.23. The van der Waals surface area contributed by atoms with Gasteiger partial charge in [-0.05, 0) is 18.6 Å². The first-order valence-electron chi connectivity index (χ1n) is 9.85. The molecule has 1 aliphatic heterocycles. The predicted molar refractivity (Wildman–Crippen MR) is 110 cm³/mol. The van der Waals surface area contributed by atoms with E-state index in [4.69, 9.17) is 14.2 Å². The van der Waals surface area contributed by atoms with Crippen LogP contribution in [0.5, 0.6) is 11.5 Å². The van der Waals surface area contributed by atoms with Gasteiger partial charge in [-0.15, -0.1) is 0 Å². The maximum absolute atomic E-state index is 12.2.